The van der Waals surface area contributed by atoms with E-state index >= 15 is 0 Å². The predicted molar refractivity (Wildman–Crippen MR) is 149 cm³/mol. The Balaban J connectivity index is 1.45. The van der Waals surface area contributed by atoms with Gasteiger partial charge in [-0.25, -0.2) is 0 Å². The summed E-state index contributed by atoms with van der Waals surface area (Å²) in [6.45, 7) is 8.15. The molecule has 0 aromatic heterocycles. The average Bonchev–Trinajstić information content (AvgIpc) is 3.09. The minimum absolute atomic E-state index is 0.0872. The Labute approximate surface area is 230 Å². The molecule has 3 N–H and O–H groups in total. The summed E-state index contributed by atoms with van der Waals surface area (Å²) in [4.78, 5) is 38.8. The number of benzene rings is 1. The normalized spacial score (nSPS) is 25.3. The Hall–Kier alpha value is -2.91. The van der Waals surface area contributed by atoms with Crippen molar-refractivity contribution >= 4 is 31.0 Å². The van der Waals surface area contributed by atoms with Crippen LogP contribution in [0.15, 0.2) is 28.9 Å². The maximum atomic E-state index is 13.5. The van der Waals surface area contributed by atoms with Crippen molar-refractivity contribution in [3.05, 3.63) is 45.5 Å². The van der Waals surface area contributed by atoms with Gasteiger partial charge in [-0.05, 0) is 106 Å². The summed E-state index contributed by atoms with van der Waals surface area (Å²) in [5, 5.41) is 29.5. The quantitative estimate of drug-likeness (QED) is 0.172. The van der Waals surface area contributed by atoms with E-state index in [0.29, 0.717) is 50.7 Å². The fraction of sp³-hybridized carbons (Fsp3) is 0.567. The highest BCUT2D eigenvalue weighted by molar-refractivity contribution is 6.43. The Morgan fingerprint density at radius 2 is 1.77 bits per heavy atom. The number of aryl methyl sites for hydroxylation is 2. The summed E-state index contributed by atoms with van der Waals surface area (Å²) >= 11 is 0. The van der Waals surface area contributed by atoms with Gasteiger partial charge >= 0.3 is 13.1 Å². The van der Waals surface area contributed by atoms with Crippen LogP contribution < -0.4 is 0 Å². The molecule has 1 aromatic rings. The molecule has 4 rings (SSSR count). The molecular weight excluding hydrogens is 497 g/mol. The molecule has 1 aliphatic carbocycles. The fourth-order valence-corrected chi connectivity index (χ4v) is 6.72. The van der Waals surface area contributed by atoms with Gasteiger partial charge in [-0.15, -0.1) is 0 Å². The maximum absolute atomic E-state index is 13.5. The van der Waals surface area contributed by atoms with E-state index in [1.54, 1.807) is 0 Å². The van der Waals surface area contributed by atoms with Crippen molar-refractivity contribution in [3.8, 4) is 5.75 Å². The summed E-state index contributed by atoms with van der Waals surface area (Å²) in [5.41, 5.74) is 5.98. The number of imide groups is 1. The number of carbonyl (C=O) groups excluding carboxylic acids is 2. The molecule has 0 saturated carbocycles. The van der Waals surface area contributed by atoms with E-state index in [9.17, 15) is 24.5 Å². The molecule has 0 spiro atoms. The summed E-state index contributed by atoms with van der Waals surface area (Å²) in [6.07, 6.45) is 5.85. The van der Waals surface area contributed by atoms with Crippen LogP contribution in [0, 0.1) is 31.6 Å². The third-order valence-electron chi connectivity index (χ3n) is 8.54. The van der Waals surface area contributed by atoms with Gasteiger partial charge in [0.15, 0.2) is 0 Å². The molecule has 2 fully saturated rings. The summed E-state index contributed by atoms with van der Waals surface area (Å²) in [7, 11) is -0.991. The number of phenols is 1. The molecule has 0 radical (unpaired) electrons. The van der Waals surface area contributed by atoms with Gasteiger partial charge in [0.25, 0.3) is 0 Å². The molecule has 0 unspecified atom stereocenters. The molecule has 2 heterocycles. The number of hydrogen-bond acceptors (Lipinski definition) is 6. The Kier molecular flexibility index (Phi) is 9.02. The van der Waals surface area contributed by atoms with Crippen LogP contribution in [0.4, 0.5) is 0 Å². The fourth-order valence-electron chi connectivity index (χ4n) is 6.72. The summed E-state index contributed by atoms with van der Waals surface area (Å²) in [5.74, 6) is -1.94. The lowest BCUT2D eigenvalue weighted by molar-refractivity contribution is -0.141. The zero-order valence-corrected chi connectivity index (χ0v) is 23.4. The number of amides is 2. The van der Waals surface area contributed by atoms with Crippen LogP contribution in [-0.2, 0) is 19.0 Å². The van der Waals surface area contributed by atoms with Gasteiger partial charge in [0.1, 0.15) is 5.75 Å². The summed E-state index contributed by atoms with van der Waals surface area (Å²) < 4.78 is 6.01. The molecule has 39 heavy (non-hydrogen) atoms. The zero-order valence-electron chi connectivity index (χ0n) is 23.4. The first-order chi connectivity index (χ1) is 18.5. The van der Waals surface area contributed by atoms with Crippen LogP contribution in [0.25, 0.3) is 6.08 Å². The third kappa shape index (κ3) is 6.30. The highest BCUT2D eigenvalue weighted by Crippen LogP contribution is 2.50. The number of nitrogens with zero attached hydrogens (tertiary/aromatic N) is 1. The SMILES string of the molecule is CC1=C2[C@@H](CC/C(C)=C/c3cc(C)c(O)c(C)c3)OB(O)C[C@@H]2[C@@H]2C(=O)N(CCCCCC(=O)O)C(=O)[C@@H]2C1. The zero-order chi connectivity index (χ0) is 28.4. The highest BCUT2D eigenvalue weighted by Gasteiger charge is 2.56. The number of fused-ring (bicyclic) bond motifs is 3. The van der Waals surface area contributed by atoms with E-state index in [0.717, 1.165) is 39.8 Å². The predicted octanol–water partition coefficient (Wildman–Crippen LogP) is 4.65. The number of aliphatic carboxylic acids is 1. The van der Waals surface area contributed by atoms with Gasteiger partial charge < -0.3 is 19.9 Å². The van der Waals surface area contributed by atoms with Crippen molar-refractivity contribution in [1.82, 2.24) is 4.90 Å². The number of hydrogen-bond donors (Lipinski definition) is 3. The molecule has 210 valence electrons. The van der Waals surface area contributed by atoms with Crippen molar-refractivity contribution in [2.24, 2.45) is 17.8 Å². The molecule has 1 aromatic carbocycles. The standard InChI is InChI=1S/C30H40BNO7/c1-17(12-21-13-19(3)28(35)20(4)14-21)9-10-24-26-18(2)15-22-27(23(26)16-31(38)39-24)30(37)32(29(22)36)11-7-5-6-8-25(33)34/h12-14,22-24,27,35,38H,5-11,15-16H2,1-4H3,(H,33,34)/b17-12+/t22-,23+,24-,27-/m1/s1. The second-order valence-electron chi connectivity index (χ2n) is 11.6. The third-order valence-corrected chi connectivity index (χ3v) is 8.54. The molecule has 2 amide bonds. The van der Waals surface area contributed by atoms with Crippen molar-refractivity contribution < 1.29 is 34.3 Å². The van der Waals surface area contributed by atoms with E-state index < -0.39 is 24.9 Å². The number of allylic oxidation sites excluding steroid dienone is 2. The van der Waals surface area contributed by atoms with Crippen molar-refractivity contribution in [3.63, 3.8) is 0 Å². The van der Waals surface area contributed by atoms with E-state index in [-0.39, 0.29) is 30.3 Å². The smallest absolute Gasteiger partial charge is 0.455 e. The van der Waals surface area contributed by atoms with Crippen LogP contribution in [0.5, 0.6) is 5.75 Å². The lowest BCUT2D eigenvalue weighted by atomic mass is 9.59. The minimum Gasteiger partial charge on any atom is -0.507 e. The van der Waals surface area contributed by atoms with Crippen LogP contribution in [0.3, 0.4) is 0 Å². The van der Waals surface area contributed by atoms with Gasteiger partial charge in [-0.2, -0.15) is 0 Å². The van der Waals surface area contributed by atoms with Gasteiger partial charge in [-0.1, -0.05) is 23.6 Å². The minimum atomic E-state index is -0.991. The highest BCUT2D eigenvalue weighted by atomic mass is 16.5. The number of likely N-dealkylation sites (tertiary alicyclic amines) is 1. The number of unbranched alkanes of at least 4 members (excludes halogenated alkanes) is 2. The maximum Gasteiger partial charge on any atom is 0.455 e. The van der Waals surface area contributed by atoms with E-state index in [2.05, 4.69) is 13.0 Å². The number of rotatable bonds is 10. The first kappa shape index (κ1) is 29.1. The van der Waals surface area contributed by atoms with Crippen molar-refractivity contribution in [2.45, 2.75) is 85.1 Å². The van der Waals surface area contributed by atoms with Crippen molar-refractivity contribution in [1.29, 1.82) is 0 Å². The van der Waals surface area contributed by atoms with Crippen LogP contribution in [0.1, 0.15) is 75.5 Å². The summed E-state index contributed by atoms with van der Waals surface area (Å²) in [6, 6.07) is 3.91. The largest absolute Gasteiger partial charge is 0.507 e. The molecular formula is C30H40BNO7. The molecule has 9 heteroatoms. The molecule has 8 nitrogen and oxygen atoms in total. The van der Waals surface area contributed by atoms with Crippen LogP contribution in [0.2, 0.25) is 6.32 Å². The van der Waals surface area contributed by atoms with Gasteiger partial charge in [0.05, 0.1) is 17.9 Å². The molecule has 2 aliphatic heterocycles. The topological polar surface area (TPSA) is 124 Å². The second kappa shape index (κ2) is 12.1. The van der Waals surface area contributed by atoms with E-state index in [1.165, 1.54) is 4.90 Å². The molecule has 0 bridgehead atoms. The number of phenolic OH excluding ortho intramolecular Hbond substituents is 1. The van der Waals surface area contributed by atoms with Crippen LogP contribution >= 0.6 is 0 Å². The van der Waals surface area contributed by atoms with Gasteiger partial charge in [0, 0.05) is 13.0 Å². The Morgan fingerprint density at radius 3 is 2.44 bits per heavy atom. The first-order valence-electron chi connectivity index (χ1n) is 14.0. The van der Waals surface area contributed by atoms with Crippen LogP contribution in [-0.4, -0.2) is 57.7 Å². The van der Waals surface area contributed by atoms with E-state index in [4.69, 9.17) is 9.76 Å². The second-order valence-corrected chi connectivity index (χ2v) is 11.6. The number of carboxylic acid groups (broad SMARTS) is 1. The lowest BCUT2D eigenvalue weighted by Gasteiger charge is -2.42. The first-order valence-corrected chi connectivity index (χ1v) is 14.0. The molecule has 4 atom stereocenters. The van der Waals surface area contributed by atoms with Gasteiger partial charge in [0.2, 0.25) is 11.8 Å². The monoisotopic (exact) mass is 537 g/mol. The van der Waals surface area contributed by atoms with E-state index in [1.807, 2.05) is 32.9 Å². The molecule has 2 saturated heterocycles. The van der Waals surface area contributed by atoms with Crippen molar-refractivity contribution in [2.75, 3.05) is 6.54 Å². The molecule has 3 aliphatic rings. The number of carbonyl (C=O) groups is 3. The number of aromatic hydroxyl groups is 1. The lowest BCUT2D eigenvalue weighted by Crippen LogP contribution is -2.46. The van der Waals surface area contributed by atoms with Gasteiger partial charge in [-0.3, -0.25) is 19.3 Å². The Bertz CT molecular complexity index is 1180. The average molecular weight is 537 g/mol. The Morgan fingerprint density at radius 1 is 1.08 bits per heavy atom. The number of carboxylic acids is 1.